The Bertz CT molecular complexity index is 481. The summed E-state index contributed by atoms with van der Waals surface area (Å²) < 4.78 is 5.19. The van der Waals surface area contributed by atoms with Crippen LogP contribution < -0.4 is 10.5 Å². The van der Waals surface area contributed by atoms with Gasteiger partial charge in [-0.25, -0.2) is 0 Å². The SMILES string of the molecule is CCc1ccc(CC(CN)Cc2ccc(OC)cc2)cc1. The van der Waals surface area contributed by atoms with Crippen molar-refractivity contribution < 1.29 is 4.74 Å². The first-order valence-electron chi connectivity index (χ1n) is 7.66. The van der Waals surface area contributed by atoms with E-state index in [1.807, 2.05) is 12.1 Å². The Balaban J connectivity index is 1.98. The van der Waals surface area contributed by atoms with E-state index in [-0.39, 0.29) is 0 Å². The van der Waals surface area contributed by atoms with Gasteiger partial charge in [-0.2, -0.15) is 0 Å². The summed E-state index contributed by atoms with van der Waals surface area (Å²) in [5.41, 5.74) is 10.0. The van der Waals surface area contributed by atoms with Crippen LogP contribution in [0.25, 0.3) is 0 Å². The Kier molecular flexibility index (Phi) is 5.82. The van der Waals surface area contributed by atoms with Crippen molar-refractivity contribution in [2.24, 2.45) is 11.7 Å². The van der Waals surface area contributed by atoms with Crippen LogP contribution in [0.15, 0.2) is 48.5 Å². The molecule has 2 N–H and O–H groups in total. The molecule has 2 nitrogen and oxygen atoms in total. The summed E-state index contributed by atoms with van der Waals surface area (Å²) in [6, 6.07) is 17.2. The minimum atomic E-state index is 0.478. The molecule has 0 fully saturated rings. The number of aryl methyl sites for hydroxylation is 1. The highest BCUT2D eigenvalue weighted by Gasteiger charge is 2.09. The Labute approximate surface area is 127 Å². The molecule has 1 unspecified atom stereocenters. The van der Waals surface area contributed by atoms with Crippen LogP contribution in [0.5, 0.6) is 5.75 Å². The van der Waals surface area contributed by atoms with Crippen molar-refractivity contribution in [1.29, 1.82) is 0 Å². The molecule has 2 rings (SSSR count). The normalized spacial score (nSPS) is 12.1. The van der Waals surface area contributed by atoms with E-state index < -0.39 is 0 Å². The van der Waals surface area contributed by atoms with Crippen LogP contribution in [0.1, 0.15) is 23.6 Å². The molecule has 0 heterocycles. The molecule has 0 aliphatic carbocycles. The quantitative estimate of drug-likeness (QED) is 0.842. The predicted molar refractivity (Wildman–Crippen MR) is 88.8 cm³/mol. The number of benzene rings is 2. The summed E-state index contributed by atoms with van der Waals surface area (Å²) in [7, 11) is 1.69. The predicted octanol–water partition coefficient (Wildman–Crippen LogP) is 3.62. The van der Waals surface area contributed by atoms with E-state index in [0.717, 1.165) is 25.0 Å². The molecule has 0 bridgehead atoms. The lowest BCUT2D eigenvalue weighted by molar-refractivity contribution is 0.414. The second-order valence-corrected chi connectivity index (χ2v) is 5.53. The molecule has 2 aromatic carbocycles. The van der Waals surface area contributed by atoms with Gasteiger partial charge < -0.3 is 10.5 Å². The van der Waals surface area contributed by atoms with E-state index in [9.17, 15) is 0 Å². The molecule has 2 heteroatoms. The summed E-state index contributed by atoms with van der Waals surface area (Å²) in [4.78, 5) is 0. The van der Waals surface area contributed by atoms with Gasteiger partial charge in [-0.05, 0) is 60.5 Å². The molecule has 0 saturated heterocycles. The molecule has 112 valence electrons. The smallest absolute Gasteiger partial charge is 0.118 e. The van der Waals surface area contributed by atoms with Gasteiger partial charge in [0.1, 0.15) is 5.75 Å². The molecule has 0 amide bonds. The van der Waals surface area contributed by atoms with E-state index in [1.165, 1.54) is 16.7 Å². The summed E-state index contributed by atoms with van der Waals surface area (Å²) in [6.45, 7) is 2.89. The Morgan fingerprint density at radius 1 is 0.857 bits per heavy atom. The van der Waals surface area contributed by atoms with Crippen LogP contribution in [0.4, 0.5) is 0 Å². The molecule has 1 atom stereocenters. The van der Waals surface area contributed by atoms with Gasteiger partial charge in [-0.1, -0.05) is 43.3 Å². The van der Waals surface area contributed by atoms with Gasteiger partial charge in [-0.3, -0.25) is 0 Å². The molecular formula is C19H25NO. The highest BCUT2D eigenvalue weighted by atomic mass is 16.5. The first-order valence-corrected chi connectivity index (χ1v) is 7.66. The highest BCUT2D eigenvalue weighted by molar-refractivity contribution is 5.28. The van der Waals surface area contributed by atoms with Gasteiger partial charge in [0.05, 0.1) is 7.11 Å². The average Bonchev–Trinajstić information content (AvgIpc) is 2.55. The Morgan fingerprint density at radius 2 is 1.33 bits per heavy atom. The molecule has 0 saturated carbocycles. The van der Waals surface area contributed by atoms with Crippen LogP contribution in [0.3, 0.4) is 0 Å². The minimum Gasteiger partial charge on any atom is -0.497 e. The van der Waals surface area contributed by atoms with E-state index in [4.69, 9.17) is 10.5 Å². The molecule has 0 aromatic heterocycles. The molecule has 21 heavy (non-hydrogen) atoms. The fourth-order valence-corrected chi connectivity index (χ4v) is 2.58. The number of nitrogens with two attached hydrogens (primary N) is 1. The topological polar surface area (TPSA) is 35.2 Å². The maximum atomic E-state index is 5.96. The largest absolute Gasteiger partial charge is 0.497 e. The summed E-state index contributed by atoms with van der Waals surface area (Å²) in [5.74, 6) is 1.38. The van der Waals surface area contributed by atoms with Gasteiger partial charge in [0.25, 0.3) is 0 Å². The van der Waals surface area contributed by atoms with Crippen molar-refractivity contribution in [3.8, 4) is 5.75 Å². The van der Waals surface area contributed by atoms with Crippen molar-refractivity contribution in [3.05, 3.63) is 65.2 Å². The number of methoxy groups -OCH3 is 1. The maximum absolute atomic E-state index is 5.96. The number of ether oxygens (including phenoxy) is 1. The first kappa shape index (κ1) is 15.6. The van der Waals surface area contributed by atoms with E-state index >= 15 is 0 Å². The van der Waals surface area contributed by atoms with Crippen molar-refractivity contribution >= 4 is 0 Å². The zero-order valence-corrected chi connectivity index (χ0v) is 13.0. The van der Waals surface area contributed by atoms with Gasteiger partial charge in [0.15, 0.2) is 0 Å². The van der Waals surface area contributed by atoms with Gasteiger partial charge in [0.2, 0.25) is 0 Å². The molecular weight excluding hydrogens is 258 g/mol. The summed E-state index contributed by atoms with van der Waals surface area (Å²) in [6.07, 6.45) is 3.13. The molecule has 0 spiro atoms. The number of rotatable bonds is 7. The lowest BCUT2D eigenvalue weighted by atomic mass is 9.92. The van der Waals surface area contributed by atoms with Gasteiger partial charge >= 0.3 is 0 Å². The fourth-order valence-electron chi connectivity index (χ4n) is 2.58. The third-order valence-electron chi connectivity index (χ3n) is 3.97. The van der Waals surface area contributed by atoms with Crippen molar-refractivity contribution in [3.63, 3.8) is 0 Å². The summed E-state index contributed by atoms with van der Waals surface area (Å²) >= 11 is 0. The van der Waals surface area contributed by atoms with E-state index in [2.05, 4.69) is 43.3 Å². The van der Waals surface area contributed by atoms with Crippen LogP contribution in [-0.2, 0) is 19.3 Å². The zero-order valence-electron chi connectivity index (χ0n) is 13.0. The van der Waals surface area contributed by atoms with Crippen LogP contribution in [-0.4, -0.2) is 13.7 Å². The molecule has 0 aliphatic heterocycles. The average molecular weight is 283 g/mol. The van der Waals surface area contributed by atoms with E-state index in [0.29, 0.717) is 12.5 Å². The van der Waals surface area contributed by atoms with E-state index in [1.54, 1.807) is 7.11 Å². The van der Waals surface area contributed by atoms with Crippen LogP contribution >= 0.6 is 0 Å². The number of hydrogen-bond donors (Lipinski definition) is 1. The van der Waals surface area contributed by atoms with Crippen molar-refractivity contribution in [2.75, 3.05) is 13.7 Å². The standard InChI is InChI=1S/C19H25NO/c1-3-15-4-6-16(7-5-15)12-18(14-20)13-17-8-10-19(21-2)11-9-17/h4-11,18H,3,12-14,20H2,1-2H3. The highest BCUT2D eigenvalue weighted by Crippen LogP contribution is 2.17. The molecule has 0 aliphatic rings. The summed E-state index contributed by atoms with van der Waals surface area (Å²) in [5, 5.41) is 0. The lowest BCUT2D eigenvalue weighted by Crippen LogP contribution is -2.19. The zero-order chi connectivity index (χ0) is 15.1. The number of hydrogen-bond acceptors (Lipinski definition) is 2. The Morgan fingerprint density at radius 3 is 1.76 bits per heavy atom. The Hall–Kier alpha value is -1.80. The molecule has 2 aromatic rings. The molecule has 0 radical (unpaired) electrons. The monoisotopic (exact) mass is 283 g/mol. The maximum Gasteiger partial charge on any atom is 0.118 e. The van der Waals surface area contributed by atoms with Gasteiger partial charge in [-0.15, -0.1) is 0 Å². The van der Waals surface area contributed by atoms with Crippen molar-refractivity contribution in [2.45, 2.75) is 26.2 Å². The second-order valence-electron chi connectivity index (χ2n) is 5.53. The van der Waals surface area contributed by atoms with Crippen LogP contribution in [0, 0.1) is 5.92 Å². The first-order chi connectivity index (χ1) is 10.2. The third-order valence-corrected chi connectivity index (χ3v) is 3.97. The fraction of sp³-hybridized carbons (Fsp3) is 0.368. The minimum absolute atomic E-state index is 0.478. The lowest BCUT2D eigenvalue weighted by Gasteiger charge is -2.15. The third kappa shape index (κ3) is 4.61. The van der Waals surface area contributed by atoms with Gasteiger partial charge in [0, 0.05) is 0 Å². The van der Waals surface area contributed by atoms with Crippen molar-refractivity contribution in [1.82, 2.24) is 0 Å². The second kappa shape index (κ2) is 7.84. The van der Waals surface area contributed by atoms with Crippen LogP contribution in [0.2, 0.25) is 0 Å².